The molecule has 2 N–H and O–H groups in total. The van der Waals surface area contributed by atoms with Crippen LogP contribution in [0.4, 0.5) is 17.1 Å². The molecule has 0 aromatic heterocycles. The minimum atomic E-state index is -3.87. The Morgan fingerprint density at radius 3 is 2.35 bits per heavy atom. The van der Waals surface area contributed by atoms with E-state index in [2.05, 4.69) is 10.0 Å². The molecule has 2 amide bonds. The van der Waals surface area contributed by atoms with Gasteiger partial charge in [-0.1, -0.05) is 6.92 Å². The summed E-state index contributed by atoms with van der Waals surface area (Å²) in [6.45, 7) is 7.90. The number of sulfonamides is 1. The molecule has 0 saturated carbocycles. The summed E-state index contributed by atoms with van der Waals surface area (Å²) in [5, 5.41) is 2.68. The zero-order valence-corrected chi connectivity index (χ0v) is 18.9. The first-order chi connectivity index (χ1) is 14.6. The minimum absolute atomic E-state index is 0.0535. The molecule has 0 fully saturated rings. The molecule has 8 nitrogen and oxygen atoms in total. The lowest BCUT2D eigenvalue weighted by atomic mass is 9.93. The molecule has 0 saturated heterocycles. The average molecular weight is 446 g/mol. The molecule has 9 heteroatoms. The summed E-state index contributed by atoms with van der Waals surface area (Å²) >= 11 is 0. The van der Waals surface area contributed by atoms with Crippen molar-refractivity contribution in [3.63, 3.8) is 0 Å². The van der Waals surface area contributed by atoms with Crippen LogP contribution in [-0.2, 0) is 19.6 Å². The zero-order chi connectivity index (χ0) is 22.8. The number of fused-ring (bicyclic) bond motifs is 1. The molecule has 0 radical (unpaired) electrons. The number of ether oxygens (including phenoxy) is 1. The van der Waals surface area contributed by atoms with Crippen molar-refractivity contribution in [1.82, 2.24) is 0 Å². The summed E-state index contributed by atoms with van der Waals surface area (Å²) in [5.74, 6) is 0.289. The summed E-state index contributed by atoms with van der Waals surface area (Å²) in [4.78, 5) is 26.0. The first-order valence-corrected chi connectivity index (χ1v) is 11.6. The van der Waals surface area contributed by atoms with Gasteiger partial charge in [-0.3, -0.25) is 14.3 Å². The van der Waals surface area contributed by atoms with E-state index in [-0.39, 0.29) is 23.3 Å². The maximum absolute atomic E-state index is 12.9. The maximum atomic E-state index is 12.9. The van der Waals surface area contributed by atoms with Gasteiger partial charge in [-0.25, -0.2) is 8.42 Å². The van der Waals surface area contributed by atoms with Crippen molar-refractivity contribution in [2.45, 2.75) is 39.0 Å². The first kappa shape index (κ1) is 22.6. The molecule has 0 bridgehead atoms. The van der Waals surface area contributed by atoms with E-state index in [1.54, 1.807) is 30.0 Å². The molecule has 31 heavy (non-hydrogen) atoms. The van der Waals surface area contributed by atoms with Crippen molar-refractivity contribution in [2.75, 3.05) is 28.1 Å². The third-order valence-electron chi connectivity index (χ3n) is 5.00. The molecule has 2 aromatic carbocycles. The van der Waals surface area contributed by atoms with Crippen LogP contribution in [0.3, 0.4) is 0 Å². The van der Waals surface area contributed by atoms with Crippen LogP contribution in [0.25, 0.3) is 0 Å². The number of nitrogens with zero attached hydrogens (tertiary/aromatic N) is 1. The van der Waals surface area contributed by atoms with Crippen LogP contribution in [0, 0.1) is 5.41 Å². The summed E-state index contributed by atoms with van der Waals surface area (Å²) in [6, 6.07) is 10.8. The molecule has 1 aliphatic heterocycles. The van der Waals surface area contributed by atoms with Crippen molar-refractivity contribution in [1.29, 1.82) is 0 Å². The minimum Gasteiger partial charge on any atom is -0.490 e. The molecular formula is C22H27N3O5S. The van der Waals surface area contributed by atoms with Gasteiger partial charge < -0.3 is 15.0 Å². The second-order valence-electron chi connectivity index (χ2n) is 7.94. The molecule has 0 atom stereocenters. The first-order valence-electron chi connectivity index (χ1n) is 10.1. The molecule has 1 aliphatic rings. The van der Waals surface area contributed by atoms with E-state index >= 15 is 0 Å². The van der Waals surface area contributed by atoms with Crippen LogP contribution in [0.15, 0.2) is 47.4 Å². The predicted molar refractivity (Wildman–Crippen MR) is 120 cm³/mol. The topological polar surface area (TPSA) is 105 Å². The normalized spacial score (nSPS) is 15.5. The summed E-state index contributed by atoms with van der Waals surface area (Å²) in [5.41, 5.74) is 0.671. The number of carbonyl (C=O) groups excluding carboxylic acids is 2. The number of benzene rings is 2. The Kier molecular flexibility index (Phi) is 6.26. The smallest absolute Gasteiger partial charge is 0.261 e. The number of nitrogens with one attached hydrogen (secondary N) is 2. The Balaban J connectivity index is 1.86. The predicted octanol–water partition coefficient (Wildman–Crippen LogP) is 3.61. The van der Waals surface area contributed by atoms with Gasteiger partial charge in [0.15, 0.2) is 0 Å². The van der Waals surface area contributed by atoms with Gasteiger partial charge in [-0.2, -0.15) is 0 Å². The summed E-state index contributed by atoms with van der Waals surface area (Å²) in [6.07, 6.45) is 0.331. The number of hydrogen-bond donors (Lipinski definition) is 2. The van der Waals surface area contributed by atoms with E-state index < -0.39 is 15.4 Å². The van der Waals surface area contributed by atoms with Crippen molar-refractivity contribution in [3.8, 4) is 5.75 Å². The monoisotopic (exact) mass is 445 g/mol. The standard InChI is InChI=1S/C22H27N3O5S/c1-5-20(26)23-15-7-10-17(11-8-15)31(28,29)24-16-9-12-19-18(13-16)25(6-2)21(27)22(3,4)14-30-19/h7-13,24H,5-6,14H2,1-4H3,(H,23,26). The van der Waals surface area contributed by atoms with Crippen molar-refractivity contribution in [2.24, 2.45) is 5.41 Å². The van der Waals surface area contributed by atoms with E-state index in [9.17, 15) is 18.0 Å². The molecule has 3 rings (SSSR count). The fourth-order valence-electron chi connectivity index (χ4n) is 3.20. The zero-order valence-electron chi connectivity index (χ0n) is 18.1. The maximum Gasteiger partial charge on any atom is 0.261 e. The Bertz CT molecular complexity index is 1090. The second kappa shape index (κ2) is 8.58. The quantitative estimate of drug-likeness (QED) is 0.707. The highest BCUT2D eigenvalue weighted by Crippen LogP contribution is 2.38. The van der Waals surface area contributed by atoms with Gasteiger partial charge in [0.1, 0.15) is 12.4 Å². The molecule has 166 valence electrons. The SMILES string of the molecule is CCC(=O)Nc1ccc(S(=O)(=O)Nc2ccc3c(c2)N(CC)C(=O)C(C)(C)CO3)cc1. The van der Waals surface area contributed by atoms with E-state index in [0.29, 0.717) is 35.8 Å². The van der Waals surface area contributed by atoms with E-state index in [4.69, 9.17) is 4.74 Å². The van der Waals surface area contributed by atoms with Crippen molar-refractivity contribution in [3.05, 3.63) is 42.5 Å². The van der Waals surface area contributed by atoms with Gasteiger partial charge in [0, 0.05) is 18.7 Å². The fraction of sp³-hybridized carbons (Fsp3) is 0.364. The van der Waals surface area contributed by atoms with Gasteiger partial charge in [-0.05, 0) is 63.2 Å². The number of anilines is 3. The van der Waals surface area contributed by atoms with Gasteiger partial charge in [0.2, 0.25) is 11.8 Å². The van der Waals surface area contributed by atoms with Crippen LogP contribution in [-0.4, -0.2) is 33.4 Å². The molecule has 0 aliphatic carbocycles. The number of hydrogen-bond acceptors (Lipinski definition) is 5. The third-order valence-corrected chi connectivity index (χ3v) is 6.40. The lowest BCUT2D eigenvalue weighted by Gasteiger charge is -2.27. The summed E-state index contributed by atoms with van der Waals surface area (Å²) in [7, 11) is -3.87. The molecule has 1 heterocycles. The van der Waals surface area contributed by atoms with Crippen LogP contribution in [0.5, 0.6) is 5.75 Å². The summed E-state index contributed by atoms with van der Waals surface area (Å²) < 4.78 is 34.0. The van der Waals surface area contributed by atoms with Crippen LogP contribution < -0.4 is 19.7 Å². The van der Waals surface area contributed by atoms with Crippen molar-refractivity contribution >= 4 is 38.9 Å². The second-order valence-corrected chi connectivity index (χ2v) is 9.62. The Labute approximate surface area is 182 Å². The number of carbonyl (C=O) groups is 2. The van der Waals surface area contributed by atoms with E-state index in [1.165, 1.54) is 24.3 Å². The number of amides is 2. The van der Waals surface area contributed by atoms with Gasteiger partial charge in [0.05, 0.1) is 21.7 Å². The number of rotatable bonds is 6. The average Bonchev–Trinajstić information content (AvgIpc) is 2.82. The third kappa shape index (κ3) is 4.82. The Morgan fingerprint density at radius 1 is 1.10 bits per heavy atom. The Morgan fingerprint density at radius 2 is 1.74 bits per heavy atom. The molecular weight excluding hydrogens is 418 g/mol. The molecule has 2 aromatic rings. The van der Waals surface area contributed by atoms with E-state index in [0.717, 1.165) is 0 Å². The molecule has 0 spiro atoms. The van der Waals surface area contributed by atoms with Crippen LogP contribution >= 0.6 is 0 Å². The van der Waals surface area contributed by atoms with Gasteiger partial charge in [-0.15, -0.1) is 0 Å². The highest BCUT2D eigenvalue weighted by molar-refractivity contribution is 7.92. The lowest BCUT2D eigenvalue weighted by molar-refractivity contribution is -0.127. The Hall–Kier alpha value is -3.07. The van der Waals surface area contributed by atoms with Gasteiger partial charge >= 0.3 is 0 Å². The fourth-order valence-corrected chi connectivity index (χ4v) is 4.25. The van der Waals surface area contributed by atoms with E-state index in [1.807, 2.05) is 20.8 Å². The van der Waals surface area contributed by atoms with Gasteiger partial charge in [0.25, 0.3) is 10.0 Å². The molecule has 0 unspecified atom stereocenters. The largest absolute Gasteiger partial charge is 0.490 e. The highest BCUT2D eigenvalue weighted by Gasteiger charge is 2.37. The van der Waals surface area contributed by atoms with Crippen molar-refractivity contribution < 1.29 is 22.7 Å². The highest BCUT2D eigenvalue weighted by atomic mass is 32.2. The van der Waals surface area contributed by atoms with Crippen LogP contribution in [0.2, 0.25) is 0 Å². The van der Waals surface area contributed by atoms with Crippen LogP contribution in [0.1, 0.15) is 34.1 Å². The lowest BCUT2D eigenvalue weighted by Crippen LogP contribution is -2.42.